The summed E-state index contributed by atoms with van der Waals surface area (Å²) in [6, 6.07) is 9.84. The number of carbonyl (C=O) groups excluding carboxylic acids is 1. The molecule has 0 aliphatic carbocycles. The van der Waals surface area contributed by atoms with Crippen LogP contribution in [-0.4, -0.2) is 22.8 Å². The summed E-state index contributed by atoms with van der Waals surface area (Å²) in [7, 11) is 1.82. The summed E-state index contributed by atoms with van der Waals surface area (Å²) in [5.41, 5.74) is 4.41. The third-order valence-corrected chi connectivity index (χ3v) is 4.49. The highest BCUT2D eigenvalue weighted by Crippen LogP contribution is 2.32. The number of pyridine rings is 1. The topological polar surface area (TPSA) is 42.4 Å². The van der Waals surface area contributed by atoms with E-state index in [9.17, 15) is 4.79 Å². The van der Waals surface area contributed by atoms with Gasteiger partial charge in [0.1, 0.15) is 5.76 Å². The lowest BCUT2D eigenvalue weighted by molar-refractivity contribution is 0.0816. The van der Waals surface area contributed by atoms with Crippen LogP contribution in [0.2, 0.25) is 0 Å². The molecule has 0 radical (unpaired) electrons. The molecule has 2 aromatic rings. The second-order valence-corrected chi connectivity index (χ2v) is 6.48. The molecule has 1 aromatic carbocycles. The Bertz CT molecular complexity index is 883. The molecule has 1 aromatic heterocycles. The van der Waals surface area contributed by atoms with Crippen molar-refractivity contribution in [3.8, 4) is 11.3 Å². The average Bonchev–Trinajstić information content (AvgIpc) is 2.94. The predicted octanol–water partition coefficient (Wildman–Crippen LogP) is 5.03. The Hall–Kier alpha value is -2.88. The van der Waals surface area contributed by atoms with Gasteiger partial charge in [-0.1, -0.05) is 25.6 Å². The molecular weight excluding hydrogens is 324 g/mol. The van der Waals surface area contributed by atoms with Crippen LogP contribution in [0.3, 0.4) is 0 Å². The van der Waals surface area contributed by atoms with Gasteiger partial charge in [-0.15, -0.1) is 0 Å². The van der Waals surface area contributed by atoms with E-state index in [4.69, 9.17) is 4.74 Å². The Balaban J connectivity index is 2.01. The summed E-state index contributed by atoms with van der Waals surface area (Å²) in [5, 5.41) is 0. The van der Waals surface area contributed by atoms with E-state index in [1.165, 1.54) is 0 Å². The maximum absolute atomic E-state index is 12.3. The maximum Gasteiger partial charge on any atom is 0.254 e. The second kappa shape index (κ2) is 7.56. The molecular formula is C22H24N2O2. The van der Waals surface area contributed by atoms with E-state index in [0.29, 0.717) is 6.54 Å². The van der Waals surface area contributed by atoms with Crippen LogP contribution >= 0.6 is 0 Å². The number of benzene rings is 1. The number of ether oxygens (including phenoxy) is 1. The molecule has 26 heavy (non-hydrogen) atoms. The molecule has 3 rings (SSSR count). The van der Waals surface area contributed by atoms with E-state index in [1.807, 2.05) is 50.4 Å². The highest BCUT2D eigenvalue weighted by molar-refractivity contribution is 5.99. The van der Waals surface area contributed by atoms with Crippen LogP contribution < -0.4 is 0 Å². The minimum atomic E-state index is 0.0539. The van der Waals surface area contributed by atoms with E-state index in [1.54, 1.807) is 11.1 Å². The number of rotatable bonds is 6. The molecule has 0 spiro atoms. The molecule has 0 fully saturated rings. The van der Waals surface area contributed by atoms with Crippen molar-refractivity contribution in [2.24, 2.45) is 0 Å². The first-order chi connectivity index (χ1) is 12.5. The Morgan fingerprint density at radius 3 is 2.92 bits per heavy atom. The lowest BCUT2D eigenvalue weighted by Crippen LogP contribution is -2.17. The Morgan fingerprint density at radius 1 is 1.38 bits per heavy atom. The molecule has 2 heterocycles. The number of fused-ring (bicyclic) bond motifs is 1. The first-order valence-corrected chi connectivity index (χ1v) is 8.91. The largest absolute Gasteiger partial charge is 0.462 e. The fourth-order valence-corrected chi connectivity index (χ4v) is 3.18. The first-order valence-electron chi connectivity index (χ1n) is 8.91. The van der Waals surface area contributed by atoms with Gasteiger partial charge in [-0.3, -0.25) is 9.78 Å². The molecule has 1 amide bonds. The lowest BCUT2D eigenvalue weighted by atomic mass is 10.00. The van der Waals surface area contributed by atoms with E-state index < -0.39 is 0 Å². The Morgan fingerprint density at radius 2 is 2.19 bits per heavy atom. The van der Waals surface area contributed by atoms with Gasteiger partial charge in [-0.05, 0) is 43.2 Å². The van der Waals surface area contributed by atoms with Crippen LogP contribution in [0.4, 0.5) is 0 Å². The Labute approximate surface area is 154 Å². The molecule has 0 atom stereocenters. The fraction of sp³-hybridized carbons (Fsp3) is 0.273. The van der Waals surface area contributed by atoms with Crippen molar-refractivity contribution in [1.82, 2.24) is 9.88 Å². The number of amides is 1. The number of allylic oxidation sites excluding steroid dienone is 2. The van der Waals surface area contributed by atoms with Gasteiger partial charge < -0.3 is 9.64 Å². The van der Waals surface area contributed by atoms with Gasteiger partial charge in [-0.2, -0.15) is 0 Å². The summed E-state index contributed by atoms with van der Waals surface area (Å²) >= 11 is 0. The van der Waals surface area contributed by atoms with E-state index in [0.717, 1.165) is 52.3 Å². The van der Waals surface area contributed by atoms with E-state index >= 15 is 0 Å². The monoisotopic (exact) mass is 348 g/mol. The molecule has 1 aliphatic heterocycles. The minimum absolute atomic E-state index is 0.0539. The quantitative estimate of drug-likeness (QED) is 0.688. The third-order valence-electron chi connectivity index (χ3n) is 4.49. The van der Waals surface area contributed by atoms with Gasteiger partial charge in [0.05, 0.1) is 11.5 Å². The zero-order chi connectivity index (χ0) is 18.7. The number of hydrogen-bond acceptors (Lipinski definition) is 3. The normalized spacial score (nSPS) is 13.7. The highest BCUT2D eigenvalue weighted by atomic mass is 16.5. The molecule has 0 saturated heterocycles. The minimum Gasteiger partial charge on any atom is -0.462 e. The summed E-state index contributed by atoms with van der Waals surface area (Å²) in [5.74, 6) is 1.52. The number of aromatic nitrogens is 1. The summed E-state index contributed by atoms with van der Waals surface area (Å²) < 4.78 is 5.97. The zero-order valence-electron chi connectivity index (χ0n) is 15.6. The van der Waals surface area contributed by atoms with Crippen LogP contribution in [0.1, 0.15) is 48.2 Å². The number of nitrogens with zero attached hydrogens (tertiary/aromatic N) is 2. The average molecular weight is 348 g/mol. The summed E-state index contributed by atoms with van der Waals surface area (Å²) in [4.78, 5) is 18.6. The van der Waals surface area contributed by atoms with Crippen LogP contribution in [0.5, 0.6) is 0 Å². The van der Waals surface area contributed by atoms with Crippen molar-refractivity contribution >= 4 is 11.7 Å². The maximum atomic E-state index is 12.3. The number of carbonyl (C=O) groups is 1. The van der Waals surface area contributed by atoms with Crippen molar-refractivity contribution in [3.63, 3.8) is 0 Å². The summed E-state index contributed by atoms with van der Waals surface area (Å²) in [6.07, 6.45) is 5.48. The van der Waals surface area contributed by atoms with Gasteiger partial charge in [0.25, 0.3) is 5.91 Å². The smallest absolute Gasteiger partial charge is 0.254 e. The first kappa shape index (κ1) is 17.9. The highest BCUT2D eigenvalue weighted by Gasteiger charge is 2.25. The van der Waals surface area contributed by atoms with Crippen LogP contribution in [0.15, 0.2) is 54.9 Å². The second-order valence-electron chi connectivity index (χ2n) is 6.48. The van der Waals surface area contributed by atoms with Gasteiger partial charge in [0.15, 0.2) is 0 Å². The third kappa shape index (κ3) is 3.40. The van der Waals surface area contributed by atoms with E-state index in [2.05, 4.69) is 18.5 Å². The van der Waals surface area contributed by atoms with Crippen molar-refractivity contribution in [2.45, 2.75) is 33.2 Å². The zero-order valence-corrected chi connectivity index (χ0v) is 15.6. The van der Waals surface area contributed by atoms with Crippen LogP contribution in [-0.2, 0) is 11.3 Å². The molecule has 0 N–H and O–H groups in total. The molecule has 4 heteroatoms. The SMILES string of the molecule is C=C(CCC)O/C(=C\C)c1cccnc1-c1ccc2c(c1)C(=O)N(C)C2. The van der Waals surface area contributed by atoms with Crippen molar-refractivity contribution < 1.29 is 9.53 Å². The van der Waals surface area contributed by atoms with Crippen molar-refractivity contribution in [2.75, 3.05) is 7.05 Å². The van der Waals surface area contributed by atoms with Crippen LogP contribution in [0.25, 0.3) is 17.0 Å². The lowest BCUT2D eigenvalue weighted by Gasteiger charge is -2.15. The van der Waals surface area contributed by atoms with Gasteiger partial charge >= 0.3 is 0 Å². The molecule has 134 valence electrons. The standard InChI is InChI=1S/C22H24N2O2/c1-5-8-15(3)26-20(6-2)18-9-7-12-23-21(18)16-10-11-17-14-24(4)22(25)19(17)13-16/h6-7,9-13H,3,5,8,14H2,1-2,4H3/b20-6-. The van der Waals surface area contributed by atoms with Crippen LogP contribution in [0, 0.1) is 0 Å². The summed E-state index contributed by atoms with van der Waals surface area (Å²) in [6.45, 7) is 8.68. The van der Waals surface area contributed by atoms with Gasteiger partial charge in [0.2, 0.25) is 0 Å². The number of hydrogen-bond donors (Lipinski definition) is 0. The Kier molecular flexibility index (Phi) is 5.21. The predicted molar refractivity (Wildman–Crippen MR) is 104 cm³/mol. The molecule has 4 nitrogen and oxygen atoms in total. The van der Waals surface area contributed by atoms with Gasteiger partial charge in [-0.25, -0.2) is 0 Å². The van der Waals surface area contributed by atoms with Crippen molar-refractivity contribution in [1.29, 1.82) is 0 Å². The molecule has 1 aliphatic rings. The van der Waals surface area contributed by atoms with Gasteiger partial charge in [0, 0.05) is 42.9 Å². The molecule has 0 bridgehead atoms. The van der Waals surface area contributed by atoms with Crippen molar-refractivity contribution in [3.05, 3.63) is 71.6 Å². The fourth-order valence-electron chi connectivity index (χ4n) is 3.18. The van der Waals surface area contributed by atoms with E-state index in [-0.39, 0.29) is 5.91 Å². The molecule has 0 unspecified atom stereocenters. The molecule has 0 saturated carbocycles.